The minimum absolute atomic E-state index is 0.539. The second-order valence-electron chi connectivity index (χ2n) is 4.52. The van der Waals surface area contributed by atoms with Gasteiger partial charge in [-0.25, -0.2) is 19.6 Å². The molecule has 0 aromatic carbocycles. The molecule has 0 bridgehead atoms. The van der Waals surface area contributed by atoms with Crippen LogP contribution in [0.4, 0.5) is 5.82 Å². The molecule has 1 saturated carbocycles. The van der Waals surface area contributed by atoms with E-state index in [1.54, 1.807) is 11.0 Å². The zero-order valence-corrected chi connectivity index (χ0v) is 11.8. The summed E-state index contributed by atoms with van der Waals surface area (Å²) < 4.78 is 1.75. The quantitative estimate of drug-likeness (QED) is 0.843. The third kappa shape index (κ3) is 2.86. The van der Waals surface area contributed by atoms with Crippen LogP contribution in [0.3, 0.4) is 0 Å². The molecular weight excluding hydrogens is 260 g/mol. The Morgan fingerprint density at radius 1 is 1.42 bits per heavy atom. The number of rotatable bonds is 5. The highest BCUT2D eigenvalue weighted by atomic mass is 32.2. The van der Waals surface area contributed by atoms with Crippen molar-refractivity contribution >= 4 is 17.6 Å². The topological polar surface area (TPSA) is 68.5 Å². The number of hydrogen-bond donors (Lipinski definition) is 1. The predicted octanol–water partition coefficient (Wildman–Crippen LogP) is 2.07. The van der Waals surface area contributed by atoms with Gasteiger partial charge in [-0.2, -0.15) is 5.10 Å². The van der Waals surface area contributed by atoms with Crippen LogP contribution < -0.4 is 5.32 Å². The van der Waals surface area contributed by atoms with E-state index in [0.29, 0.717) is 5.92 Å². The summed E-state index contributed by atoms with van der Waals surface area (Å²) in [6.07, 6.45) is 3.95. The maximum absolute atomic E-state index is 4.62. The van der Waals surface area contributed by atoms with Crippen LogP contribution in [0.2, 0.25) is 0 Å². The van der Waals surface area contributed by atoms with Crippen LogP contribution in [0.5, 0.6) is 0 Å². The van der Waals surface area contributed by atoms with Crippen LogP contribution in [0, 0.1) is 0 Å². The van der Waals surface area contributed by atoms with Gasteiger partial charge in [0.05, 0.1) is 0 Å². The maximum atomic E-state index is 4.62. The second kappa shape index (κ2) is 5.16. The monoisotopic (exact) mass is 276 g/mol. The molecule has 6 nitrogen and oxygen atoms in total. The molecule has 1 aliphatic carbocycles. The van der Waals surface area contributed by atoms with Crippen molar-refractivity contribution in [3.63, 3.8) is 0 Å². The van der Waals surface area contributed by atoms with E-state index < -0.39 is 0 Å². The van der Waals surface area contributed by atoms with Gasteiger partial charge in [-0.05, 0) is 31.5 Å². The van der Waals surface area contributed by atoms with Crippen molar-refractivity contribution < 1.29 is 0 Å². The lowest BCUT2D eigenvalue weighted by molar-refractivity contribution is 0.684. The van der Waals surface area contributed by atoms with E-state index in [0.717, 1.165) is 28.4 Å². The molecule has 2 heterocycles. The highest BCUT2D eigenvalue weighted by molar-refractivity contribution is 7.99. The van der Waals surface area contributed by atoms with E-state index in [4.69, 9.17) is 0 Å². The van der Waals surface area contributed by atoms with Crippen LogP contribution in [-0.2, 0) is 7.05 Å². The summed E-state index contributed by atoms with van der Waals surface area (Å²) in [6.45, 7) is 2.92. The van der Waals surface area contributed by atoms with Crippen molar-refractivity contribution in [2.24, 2.45) is 7.05 Å². The third-order valence-electron chi connectivity index (χ3n) is 2.89. The number of aryl methyl sites for hydroxylation is 1. The molecule has 0 spiro atoms. The Labute approximate surface area is 116 Å². The number of hydrogen-bond acceptors (Lipinski definition) is 6. The number of nitrogens with one attached hydrogen (secondary N) is 1. The molecule has 0 saturated heterocycles. The zero-order valence-electron chi connectivity index (χ0n) is 11.0. The molecule has 2 aromatic rings. The Bertz CT molecular complexity index is 577. The molecule has 0 amide bonds. The number of aromatic nitrogens is 5. The first kappa shape index (κ1) is 12.4. The molecular formula is C12H16N6S. The Kier molecular flexibility index (Phi) is 3.37. The minimum Gasteiger partial charge on any atom is -0.370 e. The molecule has 0 radical (unpaired) electrons. The summed E-state index contributed by atoms with van der Waals surface area (Å²) in [7, 11) is 1.88. The minimum atomic E-state index is 0.539. The first-order valence-corrected chi connectivity index (χ1v) is 7.22. The van der Waals surface area contributed by atoms with Crippen LogP contribution in [0.25, 0.3) is 0 Å². The van der Waals surface area contributed by atoms with Gasteiger partial charge in [0, 0.05) is 25.6 Å². The molecule has 0 atom stereocenters. The molecule has 1 fully saturated rings. The molecule has 100 valence electrons. The SMILES string of the molecule is CCNc1cc(Sc2ncnn2C)nc(C2CC2)n1. The van der Waals surface area contributed by atoms with Gasteiger partial charge in [0.25, 0.3) is 0 Å². The van der Waals surface area contributed by atoms with Crippen molar-refractivity contribution in [1.29, 1.82) is 0 Å². The average molecular weight is 276 g/mol. The van der Waals surface area contributed by atoms with Crippen molar-refractivity contribution in [2.45, 2.75) is 35.9 Å². The summed E-state index contributed by atoms with van der Waals surface area (Å²) >= 11 is 1.52. The van der Waals surface area contributed by atoms with E-state index in [1.165, 1.54) is 24.6 Å². The Morgan fingerprint density at radius 2 is 2.26 bits per heavy atom. The molecule has 1 N–H and O–H groups in total. The highest BCUT2D eigenvalue weighted by Gasteiger charge is 2.27. The van der Waals surface area contributed by atoms with Gasteiger partial charge in [0.1, 0.15) is 23.0 Å². The summed E-state index contributed by atoms with van der Waals surface area (Å²) in [5, 5.41) is 9.08. The van der Waals surface area contributed by atoms with E-state index >= 15 is 0 Å². The van der Waals surface area contributed by atoms with Crippen LogP contribution in [0.15, 0.2) is 22.6 Å². The molecule has 0 unspecified atom stereocenters. The number of nitrogens with zero attached hydrogens (tertiary/aromatic N) is 5. The number of anilines is 1. The van der Waals surface area contributed by atoms with Crippen LogP contribution in [0.1, 0.15) is 31.5 Å². The van der Waals surface area contributed by atoms with E-state index in [-0.39, 0.29) is 0 Å². The van der Waals surface area contributed by atoms with Gasteiger partial charge < -0.3 is 5.32 Å². The predicted molar refractivity (Wildman–Crippen MR) is 73.3 cm³/mol. The summed E-state index contributed by atoms with van der Waals surface area (Å²) in [5.74, 6) is 2.38. The summed E-state index contributed by atoms with van der Waals surface area (Å²) in [4.78, 5) is 13.4. The lowest BCUT2D eigenvalue weighted by Crippen LogP contribution is -2.04. The normalized spacial score (nSPS) is 14.6. The Morgan fingerprint density at radius 3 is 2.89 bits per heavy atom. The Balaban J connectivity index is 1.88. The maximum Gasteiger partial charge on any atom is 0.192 e. The molecule has 19 heavy (non-hydrogen) atoms. The average Bonchev–Trinajstić information content (AvgIpc) is 3.16. The standard InChI is InChI=1S/C12H16N6S/c1-3-13-9-6-10(17-11(16-9)8-4-5-8)19-12-14-7-15-18(12)2/h6-8H,3-5H2,1-2H3,(H,13,16,17). The van der Waals surface area contributed by atoms with Crippen molar-refractivity contribution in [2.75, 3.05) is 11.9 Å². The molecule has 0 aliphatic heterocycles. The molecule has 7 heteroatoms. The third-order valence-corrected chi connectivity index (χ3v) is 3.86. The van der Waals surface area contributed by atoms with Crippen molar-refractivity contribution in [3.05, 3.63) is 18.2 Å². The van der Waals surface area contributed by atoms with E-state index in [9.17, 15) is 0 Å². The summed E-state index contributed by atoms with van der Waals surface area (Å²) in [5.41, 5.74) is 0. The highest BCUT2D eigenvalue weighted by Crippen LogP contribution is 2.39. The second-order valence-corrected chi connectivity index (χ2v) is 5.51. The summed E-state index contributed by atoms with van der Waals surface area (Å²) in [6, 6.07) is 1.97. The fourth-order valence-electron chi connectivity index (χ4n) is 1.76. The lowest BCUT2D eigenvalue weighted by atomic mass is 10.4. The van der Waals surface area contributed by atoms with Crippen LogP contribution in [-0.4, -0.2) is 31.3 Å². The van der Waals surface area contributed by atoms with E-state index in [2.05, 4.69) is 32.3 Å². The lowest BCUT2D eigenvalue weighted by Gasteiger charge is -2.07. The molecule has 2 aromatic heterocycles. The molecule has 1 aliphatic rings. The van der Waals surface area contributed by atoms with Gasteiger partial charge in [-0.1, -0.05) is 0 Å². The fourth-order valence-corrected chi connectivity index (χ4v) is 2.54. The van der Waals surface area contributed by atoms with Crippen molar-refractivity contribution in [3.8, 4) is 0 Å². The first-order chi connectivity index (χ1) is 9.26. The largest absolute Gasteiger partial charge is 0.370 e. The molecule has 3 rings (SSSR count). The van der Waals surface area contributed by atoms with Crippen molar-refractivity contribution in [1.82, 2.24) is 24.7 Å². The van der Waals surface area contributed by atoms with Gasteiger partial charge in [0.2, 0.25) is 0 Å². The Hall–Kier alpha value is -1.63. The van der Waals surface area contributed by atoms with Gasteiger partial charge in [-0.3, -0.25) is 0 Å². The van der Waals surface area contributed by atoms with Gasteiger partial charge in [-0.15, -0.1) is 0 Å². The van der Waals surface area contributed by atoms with Crippen LogP contribution >= 0.6 is 11.8 Å². The zero-order chi connectivity index (χ0) is 13.2. The van der Waals surface area contributed by atoms with E-state index in [1.807, 2.05) is 13.1 Å². The fraction of sp³-hybridized carbons (Fsp3) is 0.500. The van der Waals surface area contributed by atoms with Gasteiger partial charge in [0.15, 0.2) is 5.16 Å². The van der Waals surface area contributed by atoms with Gasteiger partial charge >= 0.3 is 0 Å². The smallest absolute Gasteiger partial charge is 0.192 e. The first-order valence-electron chi connectivity index (χ1n) is 6.41.